The molecule has 0 bridgehead atoms. The summed E-state index contributed by atoms with van der Waals surface area (Å²) in [5, 5.41) is 6.97. The largest absolute Gasteiger partial charge is 0.413 e. The van der Waals surface area contributed by atoms with Crippen molar-refractivity contribution in [3.8, 4) is 5.88 Å². The van der Waals surface area contributed by atoms with Gasteiger partial charge in [0.15, 0.2) is 10.7 Å². The Morgan fingerprint density at radius 1 is 1.23 bits per heavy atom. The van der Waals surface area contributed by atoms with Crippen molar-refractivity contribution >= 4 is 22.5 Å². The van der Waals surface area contributed by atoms with Crippen molar-refractivity contribution in [1.29, 1.82) is 0 Å². The smallest absolute Gasteiger partial charge is 0.389 e. The first-order chi connectivity index (χ1) is 10.7. The number of hydrogen-bond donors (Lipinski definition) is 1. The molecule has 0 radical (unpaired) electrons. The van der Waals surface area contributed by atoms with Crippen molar-refractivity contribution in [3.63, 3.8) is 0 Å². The Labute approximate surface area is 128 Å². The van der Waals surface area contributed by atoms with Gasteiger partial charge in [0, 0.05) is 11.9 Å². The lowest BCUT2D eigenvalue weighted by Gasteiger charge is -2.01. The maximum atomic E-state index is 12.4. The van der Waals surface area contributed by atoms with Crippen LogP contribution in [0.15, 0.2) is 58.6 Å². The Bertz CT molecular complexity index is 848. The molecule has 8 heteroatoms. The lowest BCUT2D eigenvalue weighted by Crippen LogP contribution is -2.22. The van der Waals surface area contributed by atoms with Crippen LogP contribution in [0.3, 0.4) is 0 Å². The van der Waals surface area contributed by atoms with E-state index < -0.39 is 16.9 Å². The number of aromatic nitrogens is 3. The Morgan fingerprint density at radius 3 is 2.73 bits per heavy atom. The van der Waals surface area contributed by atoms with E-state index in [9.17, 15) is 9.00 Å². The topological polar surface area (TPSA) is 85.6 Å². The van der Waals surface area contributed by atoms with Crippen LogP contribution in [0.5, 0.6) is 5.88 Å². The molecule has 1 N–H and O–H groups in total. The van der Waals surface area contributed by atoms with E-state index >= 15 is 0 Å². The number of rotatable bonds is 3. The van der Waals surface area contributed by atoms with E-state index in [1.807, 2.05) is 18.2 Å². The van der Waals surface area contributed by atoms with Crippen LogP contribution in [0.2, 0.25) is 0 Å². The molecular weight excluding hydrogens is 304 g/mol. The number of nitrogens with one attached hydrogen (secondary N) is 1. The molecule has 112 valence electrons. The fourth-order valence-electron chi connectivity index (χ4n) is 1.80. The van der Waals surface area contributed by atoms with Crippen LogP contribution in [0.25, 0.3) is 5.65 Å². The van der Waals surface area contributed by atoms with Crippen molar-refractivity contribution in [3.05, 3.63) is 48.7 Å². The zero-order chi connectivity index (χ0) is 15.5. The highest BCUT2D eigenvalue weighted by Gasteiger charge is 2.12. The average Bonchev–Trinajstić information content (AvgIpc) is 2.96. The molecule has 3 rings (SSSR count). The van der Waals surface area contributed by atoms with Gasteiger partial charge in [0.1, 0.15) is 10.8 Å². The highest BCUT2D eigenvalue weighted by Crippen LogP contribution is 2.16. The van der Waals surface area contributed by atoms with Gasteiger partial charge in [-0.05, 0) is 24.3 Å². The highest BCUT2D eigenvalue weighted by atomic mass is 32.2. The molecule has 0 aliphatic heterocycles. The third-order valence-electron chi connectivity index (χ3n) is 2.82. The van der Waals surface area contributed by atoms with Crippen LogP contribution < -0.4 is 10.1 Å². The van der Waals surface area contributed by atoms with Crippen molar-refractivity contribution in [2.24, 2.45) is 0 Å². The van der Waals surface area contributed by atoms with Crippen molar-refractivity contribution < 1.29 is 13.7 Å². The van der Waals surface area contributed by atoms with Gasteiger partial charge in [-0.25, -0.2) is 13.5 Å². The maximum absolute atomic E-state index is 12.4. The predicted molar refractivity (Wildman–Crippen MR) is 79.2 cm³/mol. The van der Waals surface area contributed by atoms with Gasteiger partial charge < -0.3 is 10.1 Å². The Morgan fingerprint density at radius 2 is 2.00 bits per heavy atom. The van der Waals surface area contributed by atoms with E-state index in [0.717, 1.165) is 0 Å². The fourth-order valence-corrected chi connectivity index (χ4v) is 2.80. The lowest BCUT2D eigenvalue weighted by atomic mass is 10.4. The number of carbonyl (C=O) groups is 1. The predicted octanol–water partition coefficient (Wildman–Crippen LogP) is 1.61. The molecule has 1 unspecified atom stereocenters. The summed E-state index contributed by atoms with van der Waals surface area (Å²) in [6, 6.07) is 12.3. The third kappa shape index (κ3) is 2.82. The Hall–Kier alpha value is -2.74. The highest BCUT2D eigenvalue weighted by molar-refractivity contribution is 7.85. The summed E-state index contributed by atoms with van der Waals surface area (Å²) in [4.78, 5) is 15.9. The average molecular weight is 316 g/mol. The van der Waals surface area contributed by atoms with Gasteiger partial charge in [0.2, 0.25) is 5.88 Å². The molecule has 7 nitrogen and oxygen atoms in total. The minimum Gasteiger partial charge on any atom is -0.389 e. The number of ether oxygens (including phenoxy) is 1. The molecule has 22 heavy (non-hydrogen) atoms. The van der Waals surface area contributed by atoms with Crippen molar-refractivity contribution in [1.82, 2.24) is 19.9 Å². The standard InChI is InChI=1S/C14H12N4O3S/c1-15-14(19)21-12-9-18-11(16-12)7-8-13(17-18)22(20)10-5-3-2-4-6-10/h2-9H,1H3,(H,15,19). The molecule has 0 saturated carbocycles. The van der Waals surface area contributed by atoms with Gasteiger partial charge in [-0.1, -0.05) is 18.2 Å². The summed E-state index contributed by atoms with van der Waals surface area (Å²) in [6.45, 7) is 0. The van der Waals surface area contributed by atoms with Crippen LogP contribution in [0.1, 0.15) is 0 Å². The van der Waals surface area contributed by atoms with E-state index in [1.54, 1.807) is 24.3 Å². The molecule has 0 aliphatic carbocycles. The van der Waals surface area contributed by atoms with Gasteiger partial charge in [-0.2, -0.15) is 10.1 Å². The summed E-state index contributed by atoms with van der Waals surface area (Å²) in [6.07, 6.45) is 0.840. The quantitative estimate of drug-likeness (QED) is 0.793. The molecule has 0 aliphatic rings. The van der Waals surface area contributed by atoms with E-state index in [1.165, 1.54) is 17.8 Å². The summed E-state index contributed by atoms with van der Waals surface area (Å²) >= 11 is 0. The molecule has 0 saturated heterocycles. The number of amides is 1. The monoisotopic (exact) mass is 316 g/mol. The fraction of sp³-hybridized carbons (Fsp3) is 0.0714. The Kier molecular flexibility index (Phi) is 3.84. The molecule has 3 aromatic rings. The SMILES string of the molecule is CNC(=O)Oc1cn2nc(S(=O)c3ccccc3)ccc2n1. The summed E-state index contributed by atoms with van der Waals surface area (Å²) in [5.41, 5.74) is 0.493. The van der Waals surface area contributed by atoms with Gasteiger partial charge in [0.05, 0.1) is 6.20 Å². The molecule has 1 amide bonds. The molecule has 1 atom stereocenters. The molecule has 0 spiro atoms. The lowest BCUT2D eigenvalue weighted by molar-refractivity contribution is 0.201. The zero-order valence-electron chi connectivity index (χ0n) is 11.6. The van der Waals surface area contributed by atoms with Gasteiger partial charge in [-0.15, -0.1) is 0 Å². The van der Waals surface area contributed by atoms with Crippen LogP contribution >= 0.6 is 0 Å². The number of imidazole rings is 1. The van der Waals surface area contributed by atoms with Crippen molar-refractivity contribution in [2.75, 3.05) is 7.05 Å². The van der Waals surface area contributed by atoms with E-state index in [2.05, 4.69) is 15.4 Å². The van der Waals surface area contributed by atoms with Gasteiger partial charge >= 0.3 is 6.09 Å². The third-order valence-corrected chi connectivity index (χ3v) is 4.12. The first-order valence-corrected chi connectivity index (χ1v) is 7.55. The minimum absolute atomic E-state index is 0.120. The van der Waals surface area contributed by atoms with Crippen molar-refractivity contribution in [2.45, 2.75) is 9.92 Å². The molecular formula is C14H12N4O3S. The van der Waals surface area contributed by atoms with Gasteiger partial charge in [-0.3, -0.25) is 0 Å². The number of hydrogen-bond acceptors (Lipinski definition) is 5. The van der Waals surface area contributed by atoms with E-state index in [-0.39, 0.29) is 5.88 Å². The minimum atomic E-state index is -1.39. The van der Waals surface area contributed by atoms with E-state index in [4.69, 9.17) is 4.74 Å². The second-order valence-electron chi connectivity index (χ2n) is 4.27. The number of carbonyl (C=O) groups excluding carboxylic acids is 1. The summed E-state index contributed by atoms with van der Waals surface area (Å²) in [5.74, 6) is 0.120. The normalized spacial score (nSPS) is 12.0. The van der Waals surface area contributed by atoms with Crippen LogP contribution in [-0.2, 0) is 10.8 Å². The zero-order valence-corrected chi connectivity index (χ0v) is 12.4. The van der Waals surface area contributed by atoms with Crippen LogP contribution in [-0.4, -0.2) is 31.9 Å². The van der Waals surface area contributed by atoms with Gasteiger partial charge in [0.25, 0.3) is 0 Å². The second-order valence-corrected chi connectivity index (χ2v) is 5.70. The molecule has 0 fully saturated rings. The van der Waals surface area contributed by atoms with Crippen LogP contribution in [0.4, 0.5) is 4.79 Å². The second kappa shape index (κ2) is 5.94. The number of nitrogens with zero attached hydrogens (tertiary/aromatic N) is 3. The van der Waals surface area contributed by atoms with Crippen LogP contribution in [0, 0.1) is 0 Å². The molecule has 2 aromatic heterocycles. The molecule has 2 heterocycles. The Balaban J connectivity index is 1.93. The van der Waals surface area contributed by atoms with E-state index in [0.29, 0.717) is 15.6 Å². The number of fused-ring (bicyclic) bond motifs is 1. The summed E-state index contributed by atoms with van der Waals surface area (Å²) in [7, 11) is 0.0701. The maximum Gasteiger partial charge on any atom is 0.413 e. The number of benzene rings is 1. The first kappa shape index (κ1) is 14.2. The first-order valence-electron chi connectivity index (χ1n) is 6.40. The molecule has 1 aromatic carbocycles. The summed E-state index contributed by atoms with van der Waals surface area (Å²) < 4.78 is 18.8.